The molecule has 0 atom stereocenters. The molecule has 0 radical (unpaired) electrons. The van der Waals surface area contributed by atoms with Gasteiger partial charge in [-0.2, -0.15) is 4.98 Å². The van der Waals surface area contributed by atoms with Gasteiger partial charge in [0, 0.05) is 39.8 Å². The summed E-state index contributed by atoms with van der Waals surface area (Å²) in [6.07, 6.45) is 0.805. The van der Waals surface area contributed by atoms with Gasteiger partial charge in [-0.3, -0.25) is 9.78 Å². The third-order valence-corrected chi connectivity index (χ3v) is 4.40. The van der Waals surface area contributed by atoms with Crippen LogP contribution in [0.2, 0.25) is 0 Å². The van der Waals surface area contributed by atoms with Crippen molar-refractivity contribution < 1.29 is 64.3 Å². The van der Waals surface area contributed by atoms with Gasteiger partial charge in [0.15, 0.2) is 0 Å². The molecule has 3 heterocycles. The van der Waals surface area contributed by atoms with Gasteiger partial charge in [0.05, 0.1) is 5.56 Å². The second kappa shape index (κ2) is 8.09. The first-order valence-corrected chi connectivity index (χ1v) is 7.86. The molecule has 3 rings (SSSR count). The fraction of sp³-hybridized carbons (Fsp3) is 0.692. The van der Waals surface area contributed by atoms with Gasteiger partial charge in [-0.1, -0.05) is 0 Å². The molecule has 0 aromatic carbocycles. The van der Waals surface area contributed by atoms with Crippen LogP contribution in [-0.4, -0.2) is 68.1 Å². The molecule has 1 aromatic rings. The minimum absolute atomic E-state index is 0. The maximum Gasteiger partial charge on any atom is 1.00 e. The average molecular weight is 369 g/mol. The topological polar surface area (TPSA) is 55.5 Å². The number of nitrogens with zero attached hydrogens (tertiary/aromatic N) is 4. The molecule has 24 heavy (non-hydrogen) atoms. The molecule has 0 amide bonds. The first-order valence-electron chi connectivity index (χ1n) is 7.86. The molecule has 0 unspecified atom stereocenters. The molecule has 1 aromatic heterocycles. The Kier molecular flexibility index (Phi) is 6.82. The predicted molar refractivity (Wildman–Crippen MR) is 84.2 cm³/mol. The van der Waals surface area contributed by atoms with E-state index >= 15 is 0 Å². The summed E-state index contributed by atoms with van der Waals surface area (Å²) < 4.78 is 37.5. The Morgan fingerprint density at radius 2 is 1.83 bits per heavy atom. The third-order valence-electron chi connectivity index (χ3n) is 4.40. The largest absolute Gasteiger partial charge is 1.00 e. The molecule has 0 saturated carbocycles. The van der Waals surface area contributed by atoms with E-state index in [4.69, 9.17) is 0 Å². The molecular formula is C13H20BF3KN5O. The molecular weight excluding hydrogens is 349 g/mol. The standard InChI is InChI=1S/C13H20BF3N5O.K/c1-20-4-2-3-10-11(20)18-13(19-12(10)23)22-7-5-21(6-8-22)9-14(15,16)17;/h2-9H2,1H3,(H,18,19,23);/q-1;+1. The van der Waals surface area contributed by atoms with Gasteiger partial charge < -0.3 is 27.6 Å². The predicted octanol–water partition coefficient (Wildman–Crippen LogP) is -2.34. The van der Waals surface area contributed by atoms with E-state index in [9.17, 15) is 17.7 Å². The molecule has 6 nitrogen and oxygen atoms in total. The van der Waals surface area contributed by atoms with E-state index in [1.807, 2.05) is 16.8 Å². The summed E-state index contributed by atoms with van der Waals surface area (Å²) in [5.74, 6) is 1.15. The average Bonchev–Trinajstić information content (AvgIpc) is 2.47. The summed E-state index contributed by atoms with van der Waals surface area (Å²) in [5, 5.41) is 0. The number of nitrogens with one attached hydrogen (secondary N) is 1. The number of piperazine rings is 1. The fourth-order valence-corrected chi connectivity index (χ4v) is 3.20. The van der Waals surface area contributed by atoms with Crippen molar-refractivity contribution in [3.8, 4) is 0 Å². The molecule has 2 aliphatic rings. The zero-order valence-corrected chi connectivity index (χ0v) is 17.2. The Balaban J connectivity index is 0.00000208. The first kappa shape index (κ1) is 20.2. The van der Waals surface area contributed by atoms with E-state index in [0.29, 0.717) is 49.9 Å². The van der Waals surface area contributed by atoms with Crippen molar-refractivity contribution in [2.75, 3.05) is 56.0 Å². The van der Waals surface area contributed by atoms with Crippen LogP contribution in [0.25, 0.3) is 0 Å². The quantitative estimate of drug-likeness (QED) is 0.606. The second-order valence-corrected chi connectivity index (χ2v) is 6.21. The number of rotatable bonds is 3. The number of fused-ring (bicyclic) bond motifs is 1. The maximum atomic E-state index is 12.5. The van der Waals surface area contributed by atoms with Crippen LogP contribution in [0.4, 0.5) is 24.7 Å². The molecule has 11 heteroatoms. The SMILES string of the molecule is CN1CCCc2c1nc(N1CCN(C[B-](F)(F)F)CC1)[nH]c2=O.[K+]. The summed E-state index contributed by atoms with van der Waals surface area (Å²) >= 11 is 0. The van der Waals surface area contributed by atoms with Crippen molar-refractivity contribution in [1.29, 1.82) is 0 Å². The number of halogens is 3. The van der Waals surface area contributed by atoms with E-state index in [0.717, 1.165) is 13.0 Å². The Hall–Kier alpha value is -0.0687. The van der Waals surface area contributed by atoms with Gasteiger partial charge >= 0.3 is 58.4 Å². The van der Waals surface area contributed by atoms with Gasteiger partial charge in [0.25, 0.3) is 5.56 Å². The zero-order valence-electron chi connectivity index (χ0n) is 14.1. The molecule has 0 aliphatic carbocycles. The summed E-state index contributed by atoms with van der Waals surface area (Å²) in [5.41, 5.74) is 0.554. The van der Waals surface area contributed by atoms with Crippen LogP contribution in [0.1, 0.15) is 12.0 Å². The van der Waals surface area contributed by atoms with Crippen molar-refractivity contribution in [2.24, 2.45) is 0 Å². The van der Waals surface area contributed by atoms with Gasteiger partial charge in [0.1, 0.15) is 5.82 Å². The monoisotopic (exact) mass is 369 g/mol. The molecule has 2 aliphatic heterocycles. The van der Waals surface area contributed by atoms with Gasteiger partial charge in [-0.25, -0.2) is 0 Å². The van der Waals surface area contributed by atoms with Gasteiger partial charge in [-0.15, -0.1) is 0 Å². The van der Waals surface area contributed by atoms with E-state index in [2.05, 4.69) is 9.97 Å². The zero-order chi connectivity index (χ0) is 16.6. The number of H-pyrrole nitrogens is 1. The summed E-state index contributed by atoms with van der Waals surface area (Å²) in [7, 11) is 1.90. The number of aromatic amines is 1. The van der Waals surface area contributed by atoms with Crippen LogP contribution in [0.3, 0.4) is 0 Å². The number of hydrogen-bond acceptors (Lipinski definition) is 5. The Labute approximate surface area is 181 Å². The van der Waals surface area contributed by atoms with Crippen molar-refractivity contribution in [1.82, 2.24) is 14.9 Å². The molecule has 0 spiro atoms. The summed E-state index contributed by atoms with van der Waals surface area (Å²) in [6, 6.07) is 0. The normalized spacial score (nSPS) is 19.0. The van der Waals surface area contributed by atoms with Crippen LogP contribution < -0.4 is 66.7 Å². The number of anilines is 2. The minimum Gasteiger partial charge on any atom is -0.448 e. The van der Waals surface area contributed by atoms with Gasteiger partial charge in [-0.05, 0) is 19.3 Å². The van der Waals surface area contributed by atoms with Crippen molar-refractivity contribution >= 4 is 18.7 Å². The van der Waals surface area contributed by atoms with Crippen molar-refractivity contribution in [3.63, 3.8) is 0 Å². The molecule has 1 fully saturated rings. The number of hydrogen-bond donors (Lipinski definition) is 1. The first-order chi connectivity index (χ1) is 10.8. The van der Waals surface area contributed by atoms with E-state index in [-0.39, 0.29) is 56.9 Å². The molecule has 1 N–H and O–H groups in total. The molecule has 0 bridgehead atoms. The van der Waals surface area contributed by atoms with E-state index < -0.39 is 13.4 Å². The Morgan fingerprint density at radius 1 is 1.17 bits per heavy atom. The number of aromatic nitrogens is 2. The minimum atomic E-state index is -4.80. The molecule has 128 valence electrons. The van der Waals surface area contributed by atoms with Gasteiger partial charge in [0.2, 0.25) is 5.95 Å². The Morgan fingerprint density at radius 3 is 2.46 bits per heavy atom. The summed E-state index contributed by atoms with van der Waals surface area (Å²) in [4.78, 5) is 24.8. The third kappa shape index (κ3) is 4.76. The fourth-order valence-electron chi connectivity index (χ4n) is 3.20. The van der Waals surface area contributed by atoms with Crippen LogP contribution in [0, 0.1) is 0 Å². The van der Waals surface area contributed by atoms with E-state index in [1.165, 1.54) is 4.90 Å². The van der Waals surface area contributed by atoms with Crippen LogP contribution in [-0.2, 0) is 6.42 Å². The van der Waals surface area contributed by atoms with E-state index in [1.54, 1.807) is 0 Å². The van der Waals surface area contributed by atoms with Crippen LogP contribution in [0.5, 0.6) is 0 Å². The van der Waals surface area contributed by atoms with Crippen molar-refractivity contribution in [3.05, 3.63) is 15.9 Å². The Bertz CT molecular complexity index is 633. The molecule has 1 saturated heterocycles. The second-order valence-electron chi connectivity index (χ2n) is 6.21. The van der Waals surface area contributed by atoms with Crippen LogP contribution >= 0.6 is 0 Å². The smallest absolute Gasteiger partial charge is 0.448 e. The van der Waals surface area contributed by atoms with Crippen LogP contribution in [0.15, 0.2) is 4.79 Å². The van der Waals surface area contributed by atoms with Crippen molar-refractivity contribution in [2.45, 2.75) is 12.8 Å². The maximum absolute atomic E-state index is 12.5. The summed E-state index contributed by atoms with van der Waals surface area (Å²) in [6.45, 7) is -2.46.